The van der Waals surface area contributed by atoms with Crippen LogP contribution in [-0.4, -0.2) is 26.7 Å². The van der Waals surface area contributed by atoms with Gasteiger partial charge in [0, 0.05) is 13.2 Å². The van der Waals surface area contributed by atoms with E-state index in [1.807, 2.05) is 6.07 Å². The van der Waals surface area contributed by atoms with Crippen LogP contribution in [0.25, 0.3) is 0 Å². The molecule has 94 valence electrons. The van der Waals surface area contributed by atoms with Crippen LogP contribution in [0.2, 0.25) is 0 Å². The van der Waals surface area contributed by atoms with Gasteiger partial charge < -0.3 is 16.3 Å². The highest BCUT2D eigenvalue weighted by molar-refractivity contribution is 6.01. The SMILES string of the molecule is CCC(C(=O)NCc1ccn(C)n1)/C(N)=N/O. The molecule has 0 aliphatic rings. The summed E-state index contributed by atoms with van der Waals surface area (Å²) >= 11 is 0. The zero-order valence-electron chi connectivity index (χ0n) is 9.92. The van der Waals surface area contributed by atoms with Crippen molar-refractivity contribution in [3.63, 3.8) is 0 Å². The highest BCUT2D eigenvalue weighted by Crippen LogP contribution is 2.03. The summed E-state index contributed by atoms with van der Waals surface area (Å²) < 4.78 is 1.66. The van der Waals surface area contributed by atoms with Gasteiger partial charge in [-0.3, -0.25) is 9.48 Å². The van der Waals surface area contributed by atoms with Crippen LogP contribution in [0.3, 0.4) is 0 Å². The van der Waals surface area contributed by atoms with Gasteiger partial charge in [0.15, 0.2) is 5.84 Å². The lowest BCUT2D eigenvalue weighted by Gasteiger charge is -2.12. The lowest BCUT2D eigenvalue weighted by atomic mass is 10.0. The molecule has 1 unspecified atom stereocenters. The number of hydrogen-bond donors (Lipinski definition) is 3. The zero-order valence-corrected chi connectivity index (χ0v) is 9.92. The van der Waals surface area contributed by atoms with E-state index in [2.05, 4.69) is 15.6 Å². The van der Waals surface area contributed by atoms with E-state index >= 15 is 0 Å². The van der Waals surface area contributed by atoms with Crippen molar-refractivity contribution in [2.75, 3.05) is 0 Å². The summed E-state index contributed by atoms with van der Waals surface area (Å²) in [5.74, 6) is -0.955. The largest absolute Gasteiger partial charge is 0.409 e. The molecule has 4 N–H and O–H groups in total. The number of hydrogen-bond acceptors (Lipinski definition) is 4. The number of nitrogens with one attached hydrogen (secondary N) is 1. The Bertz CT molecular complexity index is 413. The second-order valence-electron chi connectivity index (χ2n) is 3.68. The number of amidine groups is 1. The molecule has 7 nitrogen and oxygen atoms in total. The summed E-state index contributed by atoms with van der Waals surface area (Å²) in [6.07, 6.45) is 2.27. The Kier molecular flexibility index (Phi) is 4.50. The van der Waals surface area contributed by atoms with Crippen LogP contribution in [0.1, 0.15) is 19.0 Å². The number of nitrogens with zero attached hydrogens (tertiary/aromatic N) is 3. The van der Waals surface area contributed by atoms with E-state index in [9.17, 15) is 4.79 Å². The molecule has 1 aromatic rings. The van der Waals surface area contributed by atoms with E-state index in [0.717, 1.165) is 5.69 Å². The molecule has 1 heterocycles. The first kappa shape index (κ1) is 13.0. The number of aromatic nitrogens is 2. The monoisotopic (exact) mass is 239 g/mol. The molecule has 0 fully saturated rings. The van der Waals surface area contributed by atoms with Crippen molar-refractivity contribution >= 4 is 11.7 Å². The van der Waals surface area contributed by atoms with E-state index in [1.165, 1.54) is 0 Å². The standard InChI is InChI=1S/C10H17N5O2/c1-3-8(9(11)14-17)10(16)12-6-7-4-5-15(2)13-7/h4-5,8,17H,3,6H2,1-2H3,(H2,11,14)(H,12,16). The summed E-state index contributed by atoms with van der Waals surface area (Å²) in [7, 11) is 1.80. The van der Waals surface area contributed by atoms with Crippen LogP contribution in [0, 0.1) is 5.92 Å². The van der Waals surface area contributed by atoms with E-state index in [-0.39, 0.29) is 11.7 Å². The predicted octanol–water partition coefficient (Wildman–Crippen LogP) is -0.191. The average Bonchev–Trinajstić information content (AvgIpc) is 2.73. The lowest BCUT2D eigenvalue weighted by Crippen LogP contribution is -2.38. The molecule has 0 spiro atoms. The van der Waals surface area contributed by atoms with E-state index in [1.54, 1.807) is 24.9 Å². The zero-order chi connectivity index (χ0) is 12.8. The normalized spacial score (nSPS) is 13.4. The Hall–Kier alpha value is -2.05. The first-order chi connectivity index (χ1) is 8.08. The summed E-state index contributed by atoms with van der Waals surface area (Å²) in [5.41, 5.74) is 6.18. The molecule has 0 aliphatic carbocycles. The fraction of sp³-hybridized carbons (Fsp3) is 0.500. The predicted molar refractivity (Wildman–Crippen MR) is 62.2 cm³/mol. The van der Waals surface area contributed by atoms with Gasteiger partial charge in [0.1, 0.15) is 0 Å². The number of carbonyl (C=O) groups is 1. The lowest BCUT2D eigenvalue weighted by molar-refractivity contribution is -0.123. The number of oxime groups is 1. The van der Waals surface area contributed by atoms with Gasteiger partial charge in [-0.1, -0.05) is 12.1 Å². The summed E-state index contributed by atoms with van der Waals surface area (Å²) in [5, 5.41) is 18.2. The Morgan fingerprint density at radius 2 is 2.47 bits per heavy atom. The first-order valence-corrected chi connectivity index (χ1v) is 5.32. The first-order valence-electron chi connectivity index (χ1n) is 5.32. The Labute approximate surface area is 99.3 Å². The van der Waals surface area contributed by atoms with Crippen molar-refractivity contribution < 1.29 is 10.0 Å². The van der Waals surface area contributed by atoms with Crippen LogP contribution in [-0.2, 0) is 18.4 Å². The molecule has 0 aromatic carbocycles. The van der Waals surface area contributed by atoms with E-state index in [0.29, 0.717) is 13.0 Å². The molecule has 0 saturated carbocycles. The van der Waals surface area contributed by atoms with Crippen molar-refractivity contribution in [3.05, 3.63) is 18.0 Å². The molecule has 0 bridgehead atoms. The van der Waals surface area contributed by atoms with Crippen molar-refractivity contribution in [2.24, 2.45) is 23.9 Å². The molecular formula is C10H17N5O2. The fourth-order valence-electron chi connectivity index (χ4n) is 1.46. The fourth-order valence-corrected chi connectivity index (χ4v) is 1.46. The van der Waals surface area contributed by atoms with Gasteiger partial charge in [0.25, 0.3) is 0 Å². The Morgan fingerprint density at radius 1 is 1.76 bits per heavy atom. The number of aryl methyl sites for hydroxylation is 1. The molecule has 1 aromatic heterocycles. The van der Waals surface area contributed by atoms with Gasteiger partial charge in [-0.05, 0) is 12.5 Å². The number of carbonyl (C=O) groups excluding carboxylic acids is 1. The smallest absolute Gasteiger partial charge is 0.231 e. The third-order valence-corrected chi connectivity index (χ3v) is 2.41. The third kappa shape index (κ3) is 3.47. The maximum Gasteiger partial charge on any atom is 0.231 e. The molecule has 0 aliphatic heterocycles. The second-order valence-corrected chi connectivity index (χ2v) is 3.68. The minimum absolute atomic E-state index is 0.0778. The van der Waals surface area contributed by atoms with Gasteiger partial charge in [0.2, 0.25) is 5.91 Å². The highest BCUT2D eigenvalue weighted by atomic mass is 16.4. The minimum atomic E-state index is -0.608. The van der Waals surface area contributed by atoms with Gasteiger partial charge in [0.05, 0.1) is 18.2 Å². The molecule has 17 heavy (non-hydrogen) atoms. The van der Waals surface area contributed by atoms with Crippen LogP contribution >= 0.6 is 0 Å². The Balaban J connectivity index is 2.54. The maximum atomic E-state index is 11.7. The minimum Gasteiger partial charge on any atom is -0.409 e. The van der Waals surface area contributed by atoms with Gasteiger partial charge >= 0.3 is 0 Å². The summed E-state index contributed by atoms with van der Waals surface area (Å²) in [4.78, 5) is 11.7. The third-order valence-electron chi connectivity index (χ3n) is 2.41. The van der Waals surface area contributed by atoms with Crippen LogP contribution < -0.4 is 11.1 Å². The quantitative estimate of drug-likeness (QED) is 0.286. The molecule has 0 radical (unpaired) electrons. The molecule has 1 rings (SSSR count). The average molecular weight is 239 g/mol. The number of rotatable bonds is 5. The Morgan fingerprint density at radius 3 is 2.94 bits per heavy atom. The molecule has 1 amide bonds. The molecule has 0 saturated heterocycles. The van der Waals surface area contributed by atoms with Crippen LogP contribution in [0.5, 0.6) is 0 Å². The summed E-state index contributed by atoms with van der Waals surface area (Å²) in [6.45, 7) is 2.12. The summed E-state index contributed by atoms with van der Waals surface area (Å²) in [6, 6.07) is 1.81. The van der Waals surface area contributed by atoms with Crippen molar-refractivity contribution in [1.82, 2.24) is 15.1 Å². The van der Waals surface area contributed by atoms with Gasteiger partial charge in [-0.25, -0.2) is 0 Å². The van der Waals surface area contributed by atoms with Crippen LogP contribution in [0.4, 0.5) is 0 Å². The van der Waals surface area contributed by atoms with Gasteiger partial charge in [-0.15, -0.1) is 0 Å². The van der Waals surface area contributed by atoms with Gasteiger partial charge in [-0.2, -0.15) is 5.10 Å². The molecule has 7 heteroatoms. The van der Waals surface area contributed by atoms with Crippen molar-refractivity contribution in [2.45, 2.75) is 19.9 Å². The van der Waals surface area contributed by atoms with Crippen molar-refractivity contribution in [3.8, 4) is 0 Å². The second kappa shape index (κ2) is 5.88. The van der Waals surface area contributed by atoms with Crippen molar-refractivity contribution in [1.29, 1.82) is 0 Å². The number of amides is 1. The van der Waals surface area contributed by atoms with E-state index < -0.39 is 5.92 Å². The molecular weight excluding hydrogens is 222 g/mol. The number of nitrogens with two attached hydrogens (primary N) is 1. The van der Waals surface area contributed by atoms with Crippen LogP contribution in [0.15, 0.2) is 17.4 Å². The van der Waals surface area contributed by atoms with E-state index in [4.69, 9.17) is 10.9 Å². The topological polar surface area (TPSA) is 106 Å². The molecule has 1 atom stereocenters. The maximum absolute atomic E-state index is 11.7. The highest BCUT2D eigenvalue weighted by Gasteiger charge is 2.20.